The zero-order chi connectivity index (χ0) is 16.5. The maximum Gasteiger partial charge on any atom is 0.522 e. The maximum absolute atomic E-state index is 12.1. The molecule has 0 unspecified atom stereocenters. The van der Waals surface area contributed by atoms with Crippen LogP contribution in [0, 0.1) is 0 Å². The monoisotopic (exact) mass is 331 g/mol. The van der Waals surface area contributed by atoms with E-state index < -0.39 is 18.6 Å². The number of nitrogens with one attached hydrogen (secondary N) is 1. The fourth-order valence-corrected chi connectivity index (χ4v) is 4.27. The van der Waals surface area contributed by atoms with Crippen LogP contribution < -0.4 is 5.32 Å². The molecule has 2 bridgehead atoms. The van der Waals surface area contributed by atoms with Crippen molar-refractivity contribution in [3.05, 3.63) is 18.2 Å². The van der Waals surface area contributed by atoms with Gasteiger partial charge in [-0.15, -0.1) is 13.2 Å². The van der Waals surface area contributed by atoms with Crippen LogP contribution in [0.2, 0.25) is 0 Å². The van der Waals surface area contributed by atoms with Crippen LogP contribution in [0.1, 0.15) is 43.7 Å². The van der Waals surface area contributed by atoms with Crippen LogP contribution in [0.5, 0.6) is 0 Å². The molecule has 1 aromatic heterocycles. The quantitative estimate of drug-likeness (QED) is 0.889. The van der Waals surface area contributed by atoms with E-state index in [-0.39, 0.29) is 17.0 Å². The average Bonchev–Trinajstić information content (AvgIpc) is 2.73. The third kappa shape index (κ3) is 2.37. The van der Waals surface area contributed by atoms with Gasteiger partial charge in [-0.25, -0.2) is 9.78 Å². The molecule has 0 aromatic carbocycles. The Morgan fingerprint density at radius 3 is 2.61 bits per heavy atom. The minimum atomic E-state index is -4.58. The standard InChI is InChI=1S/C14H16F3N3O3/c15-14(16,17)23-9-1-8(2-9)10-3-20(7-18-10)13-4-12(5-13,6-13)19-11(21)22/h3,7-9,19H,1-2,4-6H2,(H,21,22). The van der Waals surface area contributed by atoms with Gasteiger partial charge in [-0.2, -0.15) is 0 Å². The van der Waals surface area contributed by atoms with E-state index >= 15 is 0 Å². The molecule has 4 fully saturated rings. The summed E-state index contributed by atoms with van der Waals surface area (Å²) in [6.45, 7) is 0. The van der Waals surface area contributed by atoms with Crippen molar-refractivity contribution in [3.63, 3.8) is 0 Å². The van der Waals surface area contributed by atoms with Crippen molar-refractivity contribution < 1.29 is 27.8 Å². The van der Waals surface area contributed by atoms with Crippen molar-refractivity contribution in [2.45, 2.75) is 61.6 Å². The molecule has 2 N–H and O–H groups in total. The second-order valence-electron chi connectivity index (χ2n) is 7.02. The summed E-state index contributed by atoms with van der Waals surface area (Å²) >= 11 is 0. The van der Waals surface area contributed by atoms with Gasteiger partial charge < -0.3 is 15.0 Å². The highest BCUT2D eigenvalue weighted by Crippen LogP contribution is 2.65. The van der Waals surface area contributed by atoms with Crippen molar-refractivity contribution in [2.75, 3.05) is 0 Å². The number of alkyl halides is 3. The molecule has 23 heavy (non-hydrogen) atoms. The first kappa shape index (κ1) is 14.8. The van der Waals surface area contributed by atoms with E-state index in [0.717, 1.165) is 25.0 Å². The van der Waals surface area contributed by atoms with Gasteiger partial charge in [-0.3, -0.25) is 4.74 Å². The van der Waals surface area contributed by atoms with Gasteiger partial charge in [0.15, 0.2) is 0 Å². The van der Waals surface area contributed by atoms with Crippen LogP contribution in [0.4, 0.5) is 18.0 Å². The Hall–Kier alpha value is -1.77. The van der Waals surface area contributed by atoms with Crippen LogP contribution in [-0.2, 0) is 10.3 Å². The van der Waals surface area contributed by atoms with Gasteiger partial charge >= 0.3 is 12.5 Å². The first-order valence-corrected chi connectivity index (χ1v) is 7.49. The number of aromatic nitrogens is 2. The molecule has 0 radical (unpaired) electrons. The minimum Gasteiger partial charge on any atom is -0.465 e. The van der Waals surface area contributed by atoms with Crippen molar-refractivity contribution in [1.82, 2.24) is 14.9 Å². The van der Waals surface area contributed by atoms with E-state index in [9.17, 15) is 18.0 Å². The Morgan fingerprint density at radius 1 is 1.39 bits per heavy atom. The van der Waals surface area contributed by atoms with Crippen LogP contribution in [0.15, 0.2) is 12.5 Å². The summed E-state index contributed by atoms with van der Waals surface area (Å²) in [5.74, 6) is 0.00190. The van der Waals surface area contributed by atoms with Crippen molar-refractivity contribution in [3.8, 4) is 0 Å². The molecule has 6 nitrogen and oxygen atoms in total. The fourth-order valence-electron chi connectivity index (χ4n) is 4.27. The number of ether oxygens (including phenoxy) is 1. The molecule has 0 aliphatic heterocycles. The number of imidazole rings is 1. The summed E-state index contributed by atoms with van der Waals surface area (Å²) in [5, 5.41) is 11.3. The summed E-state index contributed by atoms with van der Waals surface area (Å²) in [6, 6.07) is 0. The number of halogens is 3. The maximum atomic E-state index is 12.1. The fraction of sp³-hybridized carbons (Fsp3) is 0.714. The first-order valence-electron chi connectivity index (χ1n) is 7.49. The normalized spacial score (nSPS) is 38.2. The van der Waals surface area contributed by atoms with E-state index in [1.807, 2.05) is 10.8 Å². The Labute approximate surface area is 129 Å². The van der Waals surface area contributed by atoms with E-state index in [0.29, 0.717) is 12.8 Å². The predicted octanol–water partition coefficient (Wildman–Crippen LogP) is 2.56. The molecule has 0 saturated heterocycles. The zero-order valence-electron chi connectivity index (χ0n) is 12.1. The minimum absolute atomic E-state index is 0.00190. The lowest BCUT2D eigenvalue weighted by molar-refractivity contribution is -0.351. The van der Waals surface area contributed by atoms with Crippen LogP contribution >= 0.6 is 0 Å². The van der Waals surface area contributed by atoms with Gasteiger partial charge in [0.1, 0.15) is 0 Å². The van der Waals surface area contributed by atoms with E-state index in [2.05, 4.69) is 15.0 Å². The Morgan fingerprint density at radius 2 is 2.04 bits per heavy atom. The van der Waals surface area contributed by atoms with Gasteiger partial charge in [0.05, 0.1) is 29.2 Å². The number of amides is 1. The number of hydrogen-bond acceptors (Lipinski definition) is 3. The largest absolute Gasteiger partial charge is 0.522 e. The van der Waals surface area contributed by atoms with E-state index in [4.69, 9.17) is 5.11 Å². The second-order valence-corrected chi connectivity index (χ2v) is 7.02. The topological polar surface area (TPSA) is 76.4 Å². The summed E-state index contributed by atoms with van der Waals surface area (Å²) in [5.41, 5.74) is 0.425. The first-order chi connectivity index (χ1) is 10.7. The van der Waals surface area contributed by atoms with E-state index in [1.54, 1.807) is 6.33 Å². The third-order valence-corrected chi connectivity index (χ3v) is 5.34. The number of carboxylic acid groups (broad SMARTS) is 1. The third-order valence-electron chi connectivity index (χ3n) is 5.34. The number of rotatable bonds is 4. The Balaban J connectivity index is 1.33. The molecular weight excluding hydrogens is 315 g/mol. The lowest BCUT2D eigenvalue weighted by Gasteiger charge is -2.70. The SMILES string of the molecule is O=C(O)NC12CC(n3cnc(C4CC(OC(F)(F)F)C4)c3)(C1)C2. The molecule has 4 aliphatic carbocycles. The number of nitrogens with zero attached hydrogens (tertiary/aromatic N) is 2. The zero-order valence-corrected chi connectivity index (χ0v) is 12.1. The summed E-state index contributed by atoms with van der Waals surface area (Å²) in [4.78, 5) is 15.0. The molecule has 9 heteroatoms. The van der Waals surface area contributed by atoms with Gasteiger partial charge in [0.25, 0.3) is 0 Å². The molecule has 1 heterocycles. The molecular formula is C14H16F3N3O3. The van der Waals surface area contributed by atoms with Crippen molar-refractivity contribution >= 4 is 6.09 Å². The highest BCUT2D eigenvalue weighted by molar-refractivity contribution is 5.67. The highest BCUT2D eigenvalue weighted by Gasteiger charge is 2.69. The van der Waals surface area contributed by atoms with Gasteiger partial charge in [0, 0.05) is 12.1 Å². The van der Waals surface area contributed by atoms with Crippen LogP contribution in [0.3, 0.4) is 0 Å². The Bertz CT molecular complexity index is 631. The molecule has 4 saturated carbocycles. The summed E-state index contributed by atoms with van der Waals surface area (Å²) < 4.78 is 42.3. The average molecular weight is 331 g/mol. The van der Waals surface area contributed by atoms with Gasteiger partial charge in [-0.05, 0) is 32.1 Å². The van der Waals surface area contributed by atoms with Crippen molar-refractivity contribution in [1.29, 1.82) is 0 Å². The second kappa shape index (κ2) is 4.40. The number of hydrogen-bond donors (Lipinski definition) is 2. The molecule has 4 aliphatic rings. The molecule has 126 valence electrons. The van der Waals surface area contributed by atoms with E-state index in [1.165, 1.54) is 0 Å². The summed E-state index contributed by atoms with van der Waals surface area (Å²) in [7, 11) is 0. The van der Waals surface area contributed by atoms with Crippen LogP contribution in [0.25, 0.3) is 0 Å². The smallest absolute Gasteiger partial charge is 0.465 e. The molecule has 1 amide bonds. The molecule has 5 rings (SSSR count). The van der Waals surface area contributed by atoms with Gasteiger partial charge in [-0.1, -0.05) is 0 Å². The highest BCUT2D eigenvalue weighted by atomic mass is 19.4. The van der Waals surface area contributed by atoms with Crippen molar-refractivity contribution in [2.24, 2.45) is 0 Å². The summed E-state index contributed by atoms with van der Waals surface area (Å²) in [6.07, 6.45) is 0.119. The lowest BCUT2D eigenvalue weighted by Crippen LogP contribution is -2.78. The Kier molecular flexibility index (Phi) is 2.83. The molecule has 0 spiro atoms. The number of carbonyl (C=O) groups is 1. The molecule has 0 atom stereocenters. The van der Waals surface area contributed by atoms with Gasteiger partial charge in [0.2, 0.25) is 0 Å². The lowest BCUT2D eigenvalue weighted by atomic mass is 9.44. The van der Waals surface area contributed by atoms with Crippen LogP contribution in [-0.4, -0.2) is 38.8 Å². The predicted molar refractivity (Wildman–Crippen MR) is 70.8 cm³/mol. The molecule has 1 aromatic rings.